The molecule has 102 valence electrons. The molecule has 1 unspecified atom stereocenters. The highest BCUT2D eigenvalue weighted by Gasteiger charge is 2.15. The molecule has 0 heterocycles. The summed E-state index contributed by atoms with van der Waals surface area (Å²) in [5.74, 6) is 0.941. The molecule has 0 amide bonds. The Bertz CT molecular complexity index is 348. The van der Waals surface area contributed by atoms with Gasteiger partial charge in [0, 0.05) is 17.0 Å². The Hall–Kier alpha value is -0.670. The average Bonchev–Trinajstić information content (AvgIpc) is 2.37. The van der Waals surface area contributed by atoms with Crippen LogP contribution in [0.2, 0.25) is 0 Å². The highest BCUT2D eigenvalue weighted by molar-refractivity contribution is 7.98. The summed E-state index contributed by atoms with van der Waals surface area (Å²) < 4.78 is 5.88. The second-order valence-corrected chi connectivity index (χ2v) is 6.10. The first-order valence-corrected chi connectivity index (χ1v) is 7.75. The van der Waals surface area contributed by atoms with Crippen LogP contribution >= 0.6 is 11.8 Å². The van der Waals surface area contributed by atoms with Gasteiger partial charge in [0.25, 0.3) is 0 Å². The number of rotatable bonds is 7. The Balaban J connectivity index is 2.41. The highest BCUT2D eigenvalue weighted by Crippen LogP contribution is 2.19. The van der Waals surface area contributed by atoms with Gasteiger partial charge in [0.1, 0.15) is 11.9 Å². The van der Waals surface area contributed by atoms with E-state index in [2.05, 4.69) is 51.4 Å². The van der Waals surface area contributed by atoms with Gasteiger partial charge in [-0.15, -0.1) is 11.8 Å². The molecule has 0 aliphatic rings. The van der Waals surface area contributed by atoms with Crippen molar-refractivity contribution in [2.45, 2.75) is 50.7 Å². The third kappa shape index (κ3) is 5.32. The number of ether oxygens (including phenoxy) is 1. The summed E-state index contributed by atoms with van der Waals surface area (Å²) in [7, 11) is 0. The summed E-state index contributed by atoms with van der Waals surface area (Å²) in [5.41, 5.74) is 0.181. The highest BCUT2D eigenvalue weighted by atomic mass is 32.2. The minimum Gasteiger partial charge on any atom is -0.489 e. The second kappa shape index (κ2) is 7.05. The Kier molecular flexibility index (Phi) is 6.03. The van der Waals surface area contributed by atoms with Gasteiger partial charge < -0.3 is 10.1 Å². The van der Waals surface area contributed by atoms with Crippen molar-refractivity contribution >= 4 is 11.8 Å². The summed E-state index contributed by atoms with van der Waals surface area (Å²) in [6, 6.07) is 8.26. The van der Waals surface area contributed by atoms with Crippen molar-refractivity contribution in [3.8, 4) is 5.75 Å². The molecule has 0 saturated carbocycles. The molecule has 0 bridgehead atoms. The molecule has 1 rings (SSSR count). The van der Waals surface area contributed by atoms with Crippen LogP contribution in [0.3, 0.4) is 0 Å². The molecular weight excluding hydrogens is 242 g/mol. The fourth-order valence-corrected chi connectivity index (χ4v) is 1.88. The van der Waals surface area contributed by atoms with Gasteiger partial charge in [-0.05, 0) is 57.7 Å². The summed E-state index contributed by atoms with van der Waals surface area (Å²) >= 11 is 1.75. The molecule has 1 atom stereocenters. The van der Waals surface area contributed by atoms with Crippen molar-refractivity contribution in [2.75, 3.05) is 12.8 Å². The fraction of sp³-hybridized carbons (Fsp3) is 0.600. The number of hydrogen-bond donors (Lipinski definition) is 1. The van der Waals surface area contributed by atoms with Gasteiger partial charge >= 0.3 is 0 Å². The lowest BCUT2D eigenvalue weighted by atomic mass is 10.0. The van der Waals surface area contributed by atoms with Crippen LogP contribution in [0.15, 0.2) is 29.2 Å². The Morgan fingerprint density at radius 3 is 2.39 bits per heavy atom. The molecule has 0 saturated heterocycles. The quantitative estimate of drug-likeness (QED) is 0.756. The van der Waals surface area contributed by atoms with Gasteiger partial charge in [0.05, 0.1) is 0 Å². The van der Waals surface area contributed by atoms with Crippen LogP contribution in [-0.2, 0) is 0 Å². The SMILES string of the molecule is CCC(C)(C)NCC(C)Oc1ccc(SC)cc1. The smallest absolute Gasteiger partial charge is 0.119 e. The molecule has 18 heavy (non-hydrogen) atoms. The maximum atomic E-state index is 5.88. The van der Waals surface area contributed by atoms with Crippen molar-refractivity contribution in [2.24, 2.45) is 0 Å². The van der Waals surface area contributed by atoms with Crippen molar-refractivity contribution in [1.29, 1.82) is 0 Å². The molecular formula is C15H25NOS. The first-order chi connectivity index (χ1) is 8.46. The van der Waals surface area contributed by atoms with Crippen LogP contribution in [0, 0.1) is 0 Å². The standard InChI is InChI=1S/C15H25NOS/c1-6-15(3,4)16-11-12(2)17-13-7-9-14(18-5)10-8-13/h7-10,12,16H,6,11H2,1-5H3. The molecule has 0 radical (unpaired) electrons. The van der Waals surface area contributed by atoms with Gasteiger partial charge in [0.2, 0.25) is 0 Å². The van der Waals surface area contributed by atoms with Crippen molar-refractivity contribution < 1.29 is 4.74 Å². The van der Waals surface area contributed by atoms with E-state index in [1.807, 2.05) is 12.1 Å². The monoisotopic (exact) mass is 267 g/mol. The fourth-order valence-electron chi connectivity index (χ4n) is 1.47. The average molecular weight is 267 g/mol. The molecule has 1 N–H and O–H groups in total. The van der Waals surface area contributed by atoms with E-state index < -0.39 is 0 Å². The summed E-state index contributed by atoms with van der Waals surface area (Å²) in [4.78, 5) is 1.26. The van der Waals surface area contributed by atoms with Gasteiger partial charge in [-0.3, -0.25) is 0 Å². The Morgan fingerprint density at radius 1 is 1.28 bits per heavy atom. The molecule has 0 aromatic heterocycles. The number of benzene rings is 1. The van der Waals surface area contributed by atoms with Gasteiger partial charge in [0.15, 0.2) is 0 Å². The lowest BCUT2D eigenvalue weighted by molar-refractivity contribution is 0.199. The van der Waals surface area contributed by atoms with E-state index in [4.69, 9.17) is 4.74 Å². The molecule has 0 aliphatic carbocycles. The van der Waals surface area contributed by atoms with E-state index in [1.54, 1.807) is 11.8 Å². The first-order valence-electron chi connectivity index (χ1n) is 6.52. The third-order valence-electron chi connectivity index (χ3n) is 3.15. The van der Waals surface area contributed by atoms with Crippen LogP contribution < -0.4 is 10.1 Å². The van der Waals surface area contributed by atoms with E-state index in [0.29, 0.717) is 0 Å². The normalized spacial score (nSPS) is 13.4. The molecule has 1 aromatic rings. The third-order valence-corrected chi connectivity index (χ3v) is 3.89. The van der Waals surface area contributed by atoms with Crippen LogP contribution in [0.25, 0.3) is 0 Å². The summed E-state index contributed by atoms with van der Waals surface area (Å²) in [5, 5.41) is 3.52. The predicted octanol–water partition coefficient (Wildman–Crippen LogP) is 3.95. The van der Waals surface area contributed by atoms with E-state index in [9.17, 15) is 0 Å². The largest absolute Gasteiger partial charge is 0.489 e. The molecule has 0 aliphatic heterocycles. The lowest BCUT2D eigenvalue weighted by Gasteiger charge is -2.27. The number of thioether (sulfide) groups is 1. The number of hydrogen-bond acceptors (Lipinski definition) is 3. The maximum Gasteiger partial charge on any atom is 0.119 e. The van der Waals surface area contributed by atoms with Crippen molar-refractivity contribution in [3.63, 3.8) is 0 Å². The summed E-state index contributed by atoms with van der Waals surface area (Å²) in [6.07, 6.45) is 3.37. The van der Waals surface area contributed by atoms with Crippen molar-refractivity contribution in [3.05, 3.63) is 24.3 Å². The van der Waals surface area contributed by atoms with E-state index in [1.165, 1.54) is 4.90 Å². The number of nitrogens with one attached hydrogen (secondary N) is 1. The molecule has 3 heteroatoms. The van der Waals surface area contributed by atoms with Crippen LogP contribution in [-0.4, -0.2) is 24.4 Å². The Morgan fingerprint density at radius 2 is 1.89 bits per heavy atom. The van der Waals surface area contributed by atoms with Gasteiger partial charge in [-0.25, -0.2) is 0 Å². The first kappa shape index (κ1) is 15.4. The molecule has 2 nitrogen and oxygen atoms in total. The van der Waals surface area contributed by atoms with E-state index in [-0.39, 0.29) is 11.6 Å². The maximum absolute atomic E-state index is 5.88. The zero-order chi connectivity index (χ0) is 13.6. The molecule has 1 aromatic carbocycles. The van der Waals surface area contributed by atoms with Gasteiger partial charge in [-0.2, -0.15) is 0 Å². The summed E-state index contributed by atoms with van der Waals surface area (Å²) in [6.45, 7) is 9.59. The predicted molar refractivity (Wildman–Crippen MR) is 80.7 cm³/mol. The molecule has 0 fully saturated rings. The van der Waals surface area contributed by atoms with Crippen LogP contribution in [0.5, 0.6) is 5.75 Å². The topological polar surface area (TPSA) is 21.3 Å². The zero-order valence-electron chi connectivity index (χ0n) is 12.1. The minimum absolute atomic E-state index is 0.177. The lowest BCUT2D eigenvalue weighted by Crippen LogP contribution is -2.43. The Labute approximate surface area is 116 Å². The van der Waals surface area contributed by atoms with Crippen molar-refractivity contribution in [1.82, 2.24) is 5.32 Å². The van der Waals surface area contributed by atoms with E-state index >= 15 is 0 Å². The van der Waals surface area contributed by atoms with Gasteiger partial charge in [-0.1, -0.05) is 6.92 Å². The molecule has 0 spiro atoms. The zero-order valence-corrected chi connectivity index (χ0v) is 12.9. The minimum atomic E-state index is 0.177. The van der Waals surface area contributed by atoms with Crippen LogP contribution in [0.1, 0.15) is 34.1 Å². The second-order valence-electron chi connectivity index (χ2n) is 5.22. The van der Waals surface area contributed by atoms with Crippen LogP contribution in [0.4, 0.5) is 0 Å². The van der Waals surface area contributed by atoms with E-state index in [0.717, 1.165) is 18.7 Å².